The molecule has 1 saturated heterocycles. The molecule has 0 saturated carbocycles. The molecule has 1 aliphatic rings. The number of rotatable bonds is 7. The largest absolute Gasteiger partial charge is 0.541 e. The molecule has 3 atom stereocenters. The van der Waals surface area contributed by atoms with Crippen LogP contribution in [0.15, 0.2) is 48.5 Å². The fourth-order valence-electron chi connectivity index (χ4n) is 3.46. The SMILES string of the molecule is CCCC(F)[Si](C)(C)Oc1ccc([C@@H]2[C@@H](N)C(=O)N2c2ccc(F)cc2)cc1. The molecule has 0 aliphatic carbocycles. The maximum atomic E-state index is 14.3. The van der Waals surface area contributed by atoms with E-state index in [0.717, 1.165) is 12.0 Å². The minimum absolute atomic E-state index is 0.203. The molecule has 2 aromatic rings. The van der Waals surface area contributed by atoms with Gasteiger partial charge >= 0.3 is 0 Å². The van der Waals surface area contributed by atoms with Gasteiger partial charge in [-0.3, -0.25) is 4.79 Å². The van der Waals surface area contributed by atoms with E-state index in [1.54, 1.807) is 29.2 Å². The topological polar surface area (TPSA) is 55.6 Å². The first-order chi connectivity index (χ1) is 13.2. The maximum absolute atomic E-state index is 14.3. The predicted octanol–water partition coefficient (Wildman–Crippen LogP) is 4.50. The molecule has 0 aromatic heterocycles. The molecular formula is C21H26F2N2O2Si. The summed E-state index contributed by atoms with van der Waals surface area (Å²) in [5, 5.41) is 0. The van der Waals surface area contributed by atoms with Crippen molar-refractivity contribution < 1.29 is 18.0 Å². The third-order valence-corrected chi connectivity index (χ3v) is 7.70. The Hall–Kier alpha value is -2.25. The smallest absolute Gasteiger partial charge is 0.278 e. The van der Waals surface area contributed by atoms with Crippen molar-refractivity contribution in [3.63, 3.8) is 0 Å². The number of amides is 1. The minimum Gasteiger partial charge on any atom is -0.541 e. The van der Waals surface area contributed by atoms with Crippen LogP contribution in [0.5, 0.6) is 5.75 Å². The van der Waals surface area contributed by atoms with Crippen molar-refractivity contribution in [2.75, 3.05) is 4.90 Å². The highest BCUT2D eigenvalue weighted by Crippen LogP contribution is 2.38. The van der Waals surface area contributed by atoms with Gasteiger partial charge in [-0.25, -0.2) is 8.78 Å². The van der Waals surface area contributed by atoms with Crippen LogP contribution in [-0.2, 0) is 4.79 Å². The summed E-state index contributed by atoms with van der Waals surface area (Å²) in [7, 11) is -2.49. The summed E-state index contributed by atoms with van der Waals surface area (Å²) in [6, 6.07) is 12.1. The predicted molar refractivity (Wildman–Crippen MR) is 109 cm³/mol. The molecule has 28 heavy (non-hydrogen) atoms. The second kappa shape index (κ2) is 8.01. The number of benzene rings is 2. The standard InChI is InChI=1S/C21H26F2N2O2Si/c1-4-5-18(23)28(2,3)27-17-12-6-14(7-13-17)20-19(24)21(26)25(20)16-10-8-15(22)9-11-16/h6-13,18-20H,4-5,24H2,1-3H3/t18?,19-,20-/m1/s1. The first kappa shape index (κ1) is 20.5. The van der Waals surface area contributed by atoms with Crippen molar-refractivity contribution in [1.82, 2.24) is 0 Å². The van der Waals surface area contributed by atoms with Gasteiger partial charge in [0.25, 0.3) is 8.32 Å². The number of carbonyl (C=O) groups excluding carboxylic acids is 1. The molecule has 1 amide bonds. The fraction of sp³-hybridized carbons (Fsp3) is 0.381. The Morgan fingerprint density at radius 2 is 1.75 bits per heavy atom. The van der Waals surface area contributed by atoms with Crippen molar-refractivity contribution in [1.29, 1.82) is 0 Å². The number of anilines is 1. The highest BCUT2D eigenvalue weighted by atomic mass is 28.4. The first-order valence-electron chi connectivity index (χ1n) is 9.52. The molecule has 1 fully saturated rings. The van der Waals surface area contributed by atoms with Gasteiger partial charge in [0.1, 0.15) is 23.4 Å². The van der Waals surface area contributed by atoms with Gasteiger partial charge in [0, 0.05) is 5.69 Å². The lowest BCUT2D eigenvalue weighted by Gasteiger charge is -2.45. The Balaban J connectivity index is 1.76. The summed E-state index contributed by atoms with van der Waals surface area (Å²) >= 11 is 0. The lowest BCUT2D eigenvalue weighted by Crippen LogP contribution is -2.63. The lowest BCUT2D eigenvalue weighted by atomic mass is 9.88. The minimum atomic E-state index is -2.49. The van der Waals surface area contributed by atoms with E-state index < -0.39 is 20.2 Å². The van der Waals surface area contributed by atoms with Gasteiger partial charge < -0.3 is 15.1 Å². The molecule has 150 valence electrons. The van der Waals surface area contributed by atoms with Gasteiger partial charge in [-0.1, -0.05) is 25.5 Å². The van der Waals surface area contributed by atoms with Crippen LogP contribution < -0.4 is 15.1 Å². The molecule has 2 N–H and O–H groups in total. The van der Waals surface area contributed by atoms with E-state index in [2.05, 4.69) is 0 Å². The zero-order chi connectivity index (χ0) is 20.5. The number of carbonyl (C=O) groups is 1. The molecule has 1 unspecified atom stereocenters. The highest BCUT2D eigenvalue weighted by Gasteiger charge is 2.46. The number of β-lactam (4-membered cyclic amide) rings is 1. The quantitative estimate of drug-likeness (QED) is 0.546. The molecule has 2 aromatic carbocycles. The average Bonchev–Trinajstić information content (AvgIpc) is 2.67. The van der Waals surface area contributed by atoms with Crippen LogP contribution in [0.4, 0.5) is 14.5 Å². The Morgan fingerprint density at radius 1 is 1.14 bits per heavy atom. The van der Waals surface area contributed by atoms with Crippen LogP contribution in [-0.4, -0.2) is 26.1 Å². The van der Waals surface area contributed by atoms with E-state index >= 15 is 0 Å². The second-order valence-electron chi connectivity index (χ2n) is 7.69. The van der Waals surface area contributed by atoms with Crippen LogP contribution >= 0.6 is 0 Å². The van der Waals surface area contributed by atoms with Gasteiger partial charge in [-0.15, -0.1) is 0 Å². The second-order valence-corrected chi connectivity index (χ2v) is 11.7. The summed E-state index contributed by atoms with van der Waals surface area (Å²) in [4.78, 5) is 13.8. The zero-order valence-electron chi connectivity index (χ0n) is 16.4. The van der Waals surface area contributed by atoms with Crippen LogP contribution in [0.1, 0.15) is 31.4 Å². The number of nitrogens with two attached hydrogens (primary N) is 1. The van der Waals surface area contributed by atoms with Gasteiger partial charge in [0.2, 0.25) is 5.91 Å². The van der Waals surface area contributed by atoms with E-state index in [0.29, 0.717) is 17.9 Å². The number of halogens is 2. The normalized spacial score (nSPS) is 20.6. The zero-order valence-corrected chi connectivity index (χ0v) is 17.4. The third-order valence-electron chi connectivity index (χ3n) is 5.14. The van der Waals surface area contributed by atoms with E-state index in [9.17, 15) is 13.6 Å². The molecule has 1 aliphatic heterocycles. The van der Waals surface area contributed by atoms with Crippen molar-refractivity contribution >= 4 is 19.9 Å². The van der Waals surface area contributed by atoms with Crippen molar-refractivity contribution in [2.45, 2.75) is 50.7 Å². The van der Waals surface area contributed by atoms with Crippen LogP contribution in [0.3, 0.4) is 0 Å². The van der Waals surface area contributed by atoms with Crippen LogP contribution in [0.25, 0.3) is 0 Å². The van der Waals surface area contributed by atoms with Crippen LogP contribution in [0.2, 0.25) is 13.1 Å². The van der Waals surface area contributed by atoms with E-state index in [1.165, 1.54) is 12.1 Å². The number of nitrogens with zero attached hydrogens (tertiary/aromatic N) is 1. The molecule has 7 heteroatoms. The third kappa shape index (κ3) is 3.95. The van der Waals surface area contributed by atoms with Gasteiger partial charge in [-0.05, 0) is 61.5 Å². The monoisotopic (exact) mass is 404 g/mol. The maximum Gasteiger partial charge on any atom is 0.278 e. The van der Waals surface area contributed by atoms with Crippen LogP contribution in [0, 0.1) is 5.82 Å². The van der Waals surface area contributed by atoms with Crippen molar-refractivity contribution in [2.24, 2.45) is 5.73 Å². The Bertz CT molecular complexity index is 827. The number of hydrogen-bond acceptors (Lipinski definition) is 3. The van der Waals surface area contributed by atoms with E-state index in [-0.39, 0.29) is 17.8 Å². The van der Waals surface area contributed by atoms with E-state index in [4.69, 9.17) is 10.2 Å². The molecule has 1 heterocycles. The Kier molecular flexibility index (Phi) is 5.86. The Labute approximate surface area is 165 Å². The summed E-state index contributed by atoms with van der Waals surface area (Å²) in [6.07, 6.45) is 1.29. The summed E-state index contributed by atoms with van der Waals surface area (Å²) in [6.45, 7) is 5.71. The van der Waals surface area contributed by atoms with Crippen molar-refractivity contribution in [3.05, 3.63) is 59.9 Å². The highest BCUT2D eigenvalue weighted by molar-refractivity contribution is 6.73. The summed E-state index contributed by atoms with van der Waals surface area (Å²) in [5.74, 6) is -0.874. The van der Waals surface area contributed by atoms with E-state index in [1.807, 2.05) is 32.2 Å². The molecule has 0 radical (unpaired) electrons. The lowest BCUT2D eigenvalue weighted by molar-refractivity contribution is -0.126. The average molecular weight is 405 g/mol. The van der Waals surface area contributed by atoms with Crippen molar-refractivity contribution in [3.8, 4) is 5.75 Å². The first-order valence-corrected chi connectivity index (χ1v) is 12.5. The molecule has 0 bridgehead atoms. The summed E-state index contributed by atoms with van der Waals surface area (Å²) in [5.41, 5.74) is 7.49. The molecule has 4 nitrogen and oxygen atoms in total. The van der Waals surface area contributed by atoms with Gasteiger partial charge in [0.05, 0.1) is 6.04 Å². The fourth-order valence-corrected chi connectivity index (χ4v) is 5.31. The number of hydrogen-bond donors (Lipinski definition) is 1. The number of alkyl halides is 1. The van der Waals surface area contributed by atoms with Gasteiger partial charge in [0.15, 0.2) is 0 Å². The molecule has 3 rings (SSSR count). The Morgan fingerprint density at radius 3 is 2.32 bits per heavy atom. The molecule has 0 spiro atoms. The van der Waals surface area contributed by atoms with Gasteiger partial charge in [-0.2, -0.15) is 0 Å². The summed E-state index contributed by atoms with van der Waals surface area (Å²) < 4.78 is 33.5. The molecular weight excluding hydrogens is 378 g/mol.